The second-order valence-electron chi connectivity index (χ2n) is 4.85. The molecule has 0 spiro atoms. The Morgan fingerprint density at radius 2 is 2.14 bits per heavy atom. The van der Waals surface area contributed by atoms with Crippen LogP contribution in [0.1, 0.15) is 33.6 Å². The average molecular weight is 196 g/mol. The highest BCUT2D eigenvalue weighted by molar-refractivity contribution is 5.97. The first-order valence-electron chi connectivity index (χ1n) is 4.97. The molecule has 3 nitrogen and oxygen atoms in total. The summed E-state index contributed by atoms with van der Waals surface area (Å²) in [5.74, 6) is 0.740. The molecule has 0 saturated heterocycles. The average Bonchev–Trinajstić information content (AvgIpc) is 2.21. The van der Waals surface area contributed by atoms with Crippen molar-refractivity contribution in [1.29, 1.82) is 0 Å². The normalized spacial score (nSPS) is 47.0. The van der Waals surface area contributed by atoms with Gasteiger partial charge in [-0.1, -0.05) is 0 Å². The Balaban J connectivity index is 2.46. The van der Waals surface area contributed by atoms with Crippen molar-refractivity contribution in [3.8, 4) is 0 Å². The van der Waals surface area contributed by atoms with Crippen LogP contribution in [0.2, 0.25) is 0 Å². The third kappa shape index (κ3) is 1.05. The van der Waals surface area contributed by atoms with E-state index >= 15 is 0 Å². The van der Waals surface area contributed by atoms with Gasteiger partial charge < -0.3 is 9.84 Å². The fraction of sp³-hybridized carbons (Fsp3) is 0.727. The number of fused-ring (bicyclic) bond motifs is 1. The molecule has 0 unspecified atom stereocenters. The number of carbonyl (C=O) groups is 1. The summed E-state index contributed by atoms with van der Waals surface area (Å²) in [6.45, 7) is 5.58. The minimum absolute atomic E-state index is 0.0836. The highest BCUT2D eigenvalue weighted by Crippen LogP contribution is 2.52. The van der Waals surface area contributed by atoms with Crippen molar-refractivity contribution in [1.82, 2.24) is 0 Å². The Labute approximate surface area is 83.8 Å². The van der Waals surface area contributed by atoms with Crippen LogP contribution in [0.15, 0.2) is 11.8 Å². The Morgan fingerprint density at radius 1 is 1.50 bits per heavy atom. The molecule has 0 bridgehead atoms. The third-order valence-electron chi connectivity index (χ3n) is 3.70. The van der Waals surface area contributed by atoms with Gasteiger partial charge in [-0.15, -0.1) is 0 Å². The van der Waals surface area contributed by atoms with Crippen molar-refractivity contribution in [2.75, 3.05) is 0 Å². The van der Waals surface area contributed by atoms with E-state index in [9.17, 15) is 9.90 Å². The van der Waals surface area contributed by atoms with E-state index in [2.05, 4.69) is 0 Å². The van der Waals surface area contributed by atoms with Gasteiger partial charge in [-0.05, 0) is 27.2 Å². The Morgan fingerprint density at radius 3 is 2.79 bits per heavy atom. The number of carbonyl (C=O) groups excluding carboxylic acids is 1. The molecule has 0 aromatic rings. The highest BCUT2D eigenvalue weighted by atomic mass is 16.5. The largest absolute Gasteiger partial charge is 0.491 e. The SMILES string of the molecule is CC1=CC(=O)[C@]2(C)C[C@H](O)C[C@@]2(C)O1. The van der Waals surface area contributed by atoms with Crippen molar-refractivity contribution in [2.24, 2.45) is 5.41 Å². The van der Waals surface area contributed by atoms with Crippen LogP contribution in [0.3, 0.4) is 0 Å². The lowest BCUT2D eigenvalue weighted by Gasteiger charge is -2.42. The van der Waals surface area contributed by atoms with Crippen molar-refractivity contribution in [3.05, 3.63) is 11.8 Å². The van der Waals surface area contributed by atoms with Crippen molar-refractivity contribution >= 4 is 5.78 Å². The number of allylic oxidation sites excluding steroid dienone is 2. The van der Waals surface area contributed by atoms with E-state index in [4.69, 9.17) is 4.74 Å². The van der Waals surface area contributed by atoms with Gasteiger partial charge in [0.25, 0.3) is 0 Å². The van der Waals surface area contributed by atoms with Gasteiger partial charge in [0.15, 0.2) is 5.78 Å². The number of hydrogen-bond donors (Lipinski definition) is 1. The summed E-state index contributed by atoms with van der Waals surface area (Å²) in [4.78, 5) is 11.9. The fourth-order valence-corrected chi connectivity index (χ4v) is 2.68. The molecule has 1 heterocycles. The van der Waals surface area contributed by atoms with Gasteiger partial charge >= 0.3 is 0 Å². The van der Waals surface area contributed by atoms with Gasteiger partial charge in [0.1, 0.15) is 5.60 Å². The van der Waals surface area contributed by atoms with Crippen LogP contribution < -0.4 is 0 Å². The predicted octanol–water partition coefficient (Wildman–Crippen LogP) is 1.41. The first kappa shape index (κ1) is 9.71. The number of rotatable bonds is 0. The van der Waals surface area contributed by atoms with Crippen LogP contribution >= 0.6 is 0 Å². The molecule has 0 radical (unpaired) electrons. The minimum Gasteiger partial charge on any atom is -0.491 e. The van der Waals surface area contributed by atoms with E-state index in [0.717, 1.165) is 0 Å². The second-order valence-corrected chi connectivity index (χ2v) is 4.85. The summed E-state index contributed by atoms with van der Waals surface area (Å²) >= 11 is 0. The maximum absolute atomic E-state index is 11.9. The van der Waals surface area contributed by atoms with Gasteiger partial charge in [-0.25, -0.2) is 0 Å². The first-order valence-corrected chi connectivity index (χ1v) is 4.97. The maximum Gasteiger partial charge on any atom is 0.168 e. The monoisotopic (exact) mass is 196 g/mol. The zero-order valence-electron chi connectivity index (χ0n) is 8.83. The fourth-order valence-electron chi connectivity index (χ4n) is 2.68. The number of ether oxygens (including phenoxy) is 1. The minimum atomic E-state index is -0.550. The lowest BCUT2D eigenvalue weighted by atomic mass is 9.72. The summed E-state index contributed by atoms with van der Waals surface area (Å²) < 4.78 is 5.72. The Bertz CT molecular complexity index is 320. The smallest absolute Gasteiger partial charge is 0.168 e. The molecule has 3 atom stereocenters. The summed E-state index contributed by atoms with van der Waals surface area (Å²) in [5.41, 5.74) is -1.08. The van der Waals surface area contributed by atoms with Gasteiger partial charge in [-0.2, -0.15) is 0 Å². The predicted molar refractivity (Wildman–Crippen MR) is 51.6 cm³/mol. The van der Waals surface area contributed by atoms with Crippen LogP contribution in [-0.2, 0) is 9.53 Å². The van der Waals surface area contributed by atoms with Gasteiger partial charge in [0, 0.05) is 12.5 Å². The number of aliphatic hydroxyl groups excluding tert-OH is 1. The zero-order valence-corrected chi connectivity index (χ0v) is 8.83. The van der Waals surface area contributed by atoms with Crippen LogP contribution in [-0.4, -0.2) is 22.6 Å². The third-order valence-corrected chi connectivity index (χ3v) is 3.70. The molecule has 1 aliphatic heterocycles. The van der Waals surface area contributed by atoms with Crippen molar-refractivity contribution in [2.45, 2.75) is 45.3 Å². The van der Waals surface area contributed by atoms with E-state index in [1.165, 1.54) is 0 Å². The quantitative estimate of drug-likeness (QED) is 0.637. The molecule has 2 aliphatic rings. The summed E-state index contributed by atoms with van der Waals surface area (Å²) in [7, 11) is 0. The molecule has 0 aromatic heterocycles. The molecular formula is C11H16O3. The van der Waals surface area contributed by atoms with Crippen LogP contribution in [0.5, 0.6) is 0 Å². The van der Waals surface area contributed by atoms with Crippen molar-refractivity contribution < 1.29 is 14.6 Å². The molecule has 0 amide bonds. The molecule has 3 heteroatoms. The van der Waals surface area contributed by atoms with E-state index < -0.39 is 17.1 Å². The standard InChI is InChI=1S/C11H16O3/c1-7-4-9(13)10(2)5-8(12)6-11(10,3)14-7/h4,8,12H,5-6H2,1-3H3/t8-,10-,11+/m0/s1. The maximum atomic E-state index is 11.9. The van der Waals surface area contributed by atoms with Crippen molar-refractivity contribution in [3.63, 3.8) is 0 Å². The molecule has 1 aliphatic carbocycles. The van der Waals surface area contributed by atoms with Crippen LogP contribution in [0.4, 0.5) is 0 Å². The molecule has 2 rings (SSSR count). The van der Waals surface area contributed by atoms with Gasteiger partial charge in [-0.3, -0.25) is 4.79 Å². The molecule has 1 N–H and O–H groups in total. The molecule has 0 aromatic carbocycles. The van der Waals surface area contributed by atoms with E-state index in [0.29, 0.717) is 18.6 Å². The number of hydrogen-bond acceptors (Lipinski definition) is 3. The first-order chi connectivity index (χ1) is 6.37. The van der Waals surface area contributed by atoms with E-state index in [1.807, 2.05) is 13.8 Å². The molecule has 14 heavy (non-hydrogen) atoms. The zero-order chi connectivity index (χ0) is 10.6. The highest BCUT2D eigenvalue weighted by Gasteiger charge is 2.59. The lowest BCUT2D eigenvalue weighted by Crippen LogP contribution is -2.48. The second kappa shape index (κ2) is 2.60. The van der Waals surface area contributed by atoms with E-state index in [-0.39, 0.29) is 5.78 Å². The Hall–Kier alpha value is -0.830. The molecule has 78 valence electrons. The lowest BCUT2D eigenvalue weighted by molar-refractivity contribution is -0.142. The molecular weight excluding hydrogens is 180 g/mol. The number of ketones is 1. The summed E-state index contributed by atoms with van der Waals surface area (Å²) in [6.07, 6.45) is 2.17. The van der Waals surface area contributed by atoms with Gasteiger partial charge in [0.05, 0.1) is 17.3 Å². The summed E-state index contributed by atoms with van der Waals surface area (Å²) in [6, 6.07) is 0. The van der Waals surface area contributed by atoms with E-state index in [1.54, 1.807) is 13.0 Å². The molecule has 1 saturated carbocycles. The molecule has 1 fully saturated rings. The van der Waals surface area contributed by atoms with Gasteiger partial charge in [0.2, 0.25) is 0 Å². The van der Waals surface area contributed by atoms with Crippen LogP contribution in [0.25, 0.3) is 0 Å². The van der Waals surface area contributed by atoms with Crippen LogP contribution in [0, 0.1) is 5.41 Å². The number of aliphatic hydroxyl groups is 1. The Kier molecular flexibility index (Phi) is 1.80. The topological polar surface area (TPSA) is 46.5 Å². The summed E-state index contributed by atoms with van der Waals surface area (Å²) in [5, 5.41) is 9.64.